The summed E-state index contributed by atoms with van der Waals surface area (Å²) >= 11 is 0. The van der Waals surface area contributed by atoms with E-state index in [2.05, 4.69) is 32.5 Å². The summed E-state index contributed by atoms with van der Waals surface area (Å²) in [6.07, 6.45) is -1.82. The summed E-state index contributed by atoms with van der Waals surface area (Å²) in [4.78, 5) is 44.3. The van der Waals surface area contributed by atoms with E-state index < -0.39 is 35.2 Å². The monoisotopic (exact) mass is 476 g/mol. The van der Waals surface area contributed by atoms with E-state index in [-0.39, 0.29) is 29.9 Å². The molecule has 0 spiro atoms. The first-order valence-corrected chi connectivity index (χ1v) is 10.4. The number of likely N-dealkylation sites (tertiary alicyclic amines) is 1. The number of amides is 2. The minimum Gasteiger partial charge on any atom is -0.350 e. The second kappa shape index (κ2) is 10.3. The first kappa shape index (κ1) is 24.7. The maximum atomic E-state index is 13.6. The summed E-state index contributed by atoms with van der Waals surface area (Å²) in [5.74, 6) is -2.32. The molecule has 1 atom stereocenters. The molecule has 180 valence electrons. The van der Waals surface area contributed by atoms with Crippen LogP contribution in [0.15, 0.2) is 43.1 Å². The first-order chi connectivity index (χ1) is 16.1. The van der Waals surface area contributed by atoms with Crippen LogP contribution in [0.2, 0.25) is 0 Å². The van der Waals surface area contributed by atoms with Gasteiger partial charge in [-0.3, -0.25) is 14.4 Å². The fourth-order valence-corrected chi connectivity index (χ4v) is 3.45. The number of carbonyl (C=O) groups excluding carboxylic acids is 3. The van der Waals surface area contributed by atoms with Gasteiger partial charge in [-0.05, 0) is 31.1 Å². The van der Waals surface area contributed by atoms with Crippen molar-refractivity contribution < 1.29 is 27.6 Å². The lowest BCUT2D eigenvalue weighted by Gasteiger charge is -2.32. The molecule has 34 heavy (non-hydrogen) atoms. The normalized spacial score (nSPS) is 15.9. The van der Waals surface area contributed by atoms with Gasteiger partial charge in [-0.15, -0.1) is 0 Å². The van der Waals surface area contributed by atoms with Crippen molar-refractivity contribution in [3.8, 4) is 0 Å². The van der Waals surface area contributed by atoms with E-state index >= 15 is 0 Å². The molecule has 2 aromatic rings. The molecule has 0 radical (unpaired) electrons. The zero-order valence-corrected chi connectivity index (χ0v) is 18.3. The second-order valence-electron chi connectivity index (χ2n) is 7.61. The summed E-state index contributed by atoms with van der Waals surface area (Å²) in [6, 6.07) is 5.85. The van der Waals surface area contributed by atoms with Crippen LogP contribution in [0.5, 0.6) is 0 Å². The number of hydrogen-bond donors (Lipinski definition) is 3. The fraction of sp³-hybridized carbons (Fsp3) is 0.318. The smallest absolute Gasteiger partial charge is 0.350 e. The number of benzene rings is 1. The molecule has 1 aliphatic rings. The molecule has 1 aromatic carbocycles. The van der Waals surface area contributed by atoms with Gasteiger partial charge >= 0.3 is 6.18 Å². The Labute approximate surface area is 193 Å². The molecule has 0 bridgehead atoms. The molecule has 1 saturated heterocycles. The number of piperidine rings is 1. The lowest BCUT2D eigenvalue weighted by atomic mass is 10.1. The van der Waals surface area contributed by atoms with Gasteiger partial charge in [0.2, 0.25) is 17.6 Å². The molecule has 1 unspecified atom stereocenters. The van der Waals surface area contributed by atoms with E-state index in [1.807, 2.05) is 0 Å². The number of nitrogens with one attached hydrogen (secondary N) is 3. The van der Waals surface area contributed by atoms with Crippen molar-refractivity contribution in [3.05, 3.63) is 48.7 Å². The second-order valence-corrected chi connectivity index (χ2v) is 7.61. The first-order valence-electron chi connectivity index (χ1n) is 10.4. The summed E-state index contributed by atoms with van der Waals surface area (Å²) in [5, 5.41) is 8.09. The predicted molar refractivity (Wildman–Crippen MR) is 119 cm³/mol. The molecular weight excluding hydrogens is 453 g/mol. The number of Topliss-reactive ketones (excluding diaryl/α,β-unsaturated/α-hetero) is 1. The Kier molecular flexibility index (Phi) is 7.49. The zero-order chi connectivity index (χ0) is 24.9. The van der Waals surface area contributed by atoms with Gasteiger partial charge in [0, 0.05) is 32.3 Å². The van der Waals surface area contributed by atoms with Gasteiger partial charge in [0.1, 0.15) is 11.4 Å². The van der Waals surface area contributed by atoms with Gasteiger partial charge in [-0.25, -0.2) is 4.98 Å². The van der Waals surface area contributed by atoms with E-state index in [0.717, 1.165) is 6.08 Å². The Hall–Kier alpha value is -3.96. The highest BCUT2D eigenvalue weighted by molar-refractivity contribution is 6.35. The standard InChI is InChI=1S/C22H23F3N6O3/c1-3-18(33)28-16-8-4-5-9-17(16)29-19-15(22(23,24)25)11-26-21(30-19)27-14-7-6-10-31(12-14)20(34)13(2)32/h3-5,8-9,11,14H,1,6-7,10,12H2,2H3,(H,28,33)(H2,26,27,29,30). The van der Waals surface area contributed by atoms with E-state index in [1.165, 1.54) is 24.0 Å². The molecule has 3 rings (SSSR count). The third-order valence-corrected chi connectivity index (χ3v) is 5.06. The largest absolute Gasteiger partial charge is 0.421 e. The van der Waals surface area contributed by atoms with Gasteiger partial charge in [0.05, 0.1) is 11.4 Å². The van der Waals surface area contributed by atoms with Gasteiger partial charge < -0.3 is 20.9 Å². The van der Waals surface area contributed by atoms with Crippen LogP contribution in [-0.2, 0) is 20.6 Å². The van der Waals surface area contributed by atoms with Crippen molar-refractivity contribution in [1.82, 2.24) is 14.9 Å². The Balaban J connectivity index is 1.87. The van der Waals surface area contributed by atoms with Crippen molar-refractivity contribution in [3.63, 3.8) is 0 Å². The SMILES string of the molecule is C=CC(=O)Nc1ccccc1Nc1nc(NC2CCCN(C(=O)C(C)=O)C2)ncc1C(F)(F)F. The van der Waals surface area contributed by atoms with Gasteiger partial charge in [-0.2, -0.15) is 18.2 Å². The third-order valence-electron chi connectivity index (χ3n) is 5.06. The van der Waals surface area contributed by atoms with E-state index in [1.54, 1.807) is 12.1 Å². The molecule has 1 fully saturated rings. The van der Waals surface area contributed by atoms with Crippen LogP contribution < -0.4 is 16.0 Å². The number of hydrogen-bond acceptors (Lipinski definition) is 7. The van der Waals surface area contributed by atoms with Gasteiger partial charge in [0.15, 0.2) is 0 Å². The summed E-state index contributed by atoms with van der Waals surface area (Å²) in [6.45, 7) is 5.16. The van der Waals surface area contributed by atoms with Crippen LogP contribution in [0.25, 0.3) is 0 Å². The molecule has 9 nitrogen and oxygen atoms in total. The molecular formula is C22H23F3N6O3. The van der Waals surface area contributed by atoms with Crippen LogP contribution in [0.1, 0.15) is 25.3 Å². The number of carbonyl (C=O) groups is 3. The highest BCUT2D eigenvalue weighted by Gasteiger charge is 2.36. The van der Waals surface area contributed by atoms with E-state index in [9.17, 15) is 27.6 Å². The number of para-hydroxylation sites is 2. The van der Waals surface area contributed by atoms with Crippen molar-refractivity contribution in [1.29, 1.82) is 0 Å². The zero-order valence-electron chi connectivity index (χ0n) is 18.3. The molecule has 0 aliphatic carbocycles. The molecule has 3 N–H and O–H groups in total. The number of rotatable bonds is 7. The van der Waals surface area contributed by atoms with Gasteiger partial charge in [0.25, 0.3) is 5.91 Å². The molecule has 1 aromatic heterocycles. The van der Waals surface area contributed by atoms with Crippen molar-refractivity contribution in [2.45, 2.75) is 32.0 Å². The molecule has 12 heteroatoms. The lowest BCUT2D eigenvalue weighted by Crippen LogP contribution is -2.47. The topological polar surface area (TPSA) is 116 Å². The minimum absolute atomic E-state index is 0.0785. The number of ketones is 1. The van der Waals surface area contributed by atoms with Crippen LogP contribution in [0.3, 0.4) is 0 Å². The maximum Gasteiger partial charge on any atom is 0.421 e. The Morgan fingerprint density at radius 1 is 1.21 bits per heavy atom. The minimum atomic E-state index is -4.74. The Morgan fingerprint density at radius 2 is 1.91 bits per heavy atom. The quantitative estimate of drug-likeness (QED) is 0.415. The summed E-state index contributed by atoms with van der Waals surface area (Å²) in [5.41, 5.74) is -0.678. The van der Waals surface area contributed by atoms with Crippen LogP contribution in [0.4, 0.5) is 36.3 Å². The molecule has 0 saturated carbocycles. The van der Waals surface area contributed by atoms with Crippen LogP contribution in [0, 0.1) is 0 Å². The average molecular weight is 476 g/mol. The predicted octanol–water partition coefficient (Wildman–Crippen LogP) is 3.36. The van der Waals surface area contributed by atoms with Gasteiger partial charge in [-0.1, -0.05) is 18.7 Å². The summed E-state index contributed by atoms with van der Waals surface area (Å²) < 4.78 is 40.9. The maximum absolute atomic E-state index is 13.6. The summed E-state index contributed by atoms with van der Waals surface area (Å²) in [7, 11) is 0. The number of halogens is 3. The van der Waals surface area contributed by atoms with Crippen LogP contribution >= 0.6 is 0 Å². The fourth-order valence-electron chi connectivity index (χ4n) is 3.45. The van der Waals surface area contributed by atoms with E-state index in [0.29, 0.717) is 25.6 Å². The molecule has 1 aliphatic heterocycles. The molecule has 2 amide bonds. The third kappa shape index (κ3) is 6.09. The van der Waals surface area contributed by atoms with Crippen molar-refractivity contribution in [2.24, 2.45) is 0 Å². The lowest BCUT2D eigenvalue weighted by molar-refractivity contribution is -0.144. The number of nitrogens with zero attached hydrogens (tertiary/aromatic N) is 3. The highest BCUT2D eigenvalue weighted by Crippen LogP contribution is 2.36. The Morgan fingerprint density at radius 3 is 2.56 bits per heavy atom. The number of anilines is 4. The van der Waals surface area contributed by atoms with Crippen molar-refractivity contribution in [2.75, 3.05) is 29.0 Å². The number of alkyl halides is 3. The van der Waals surface area contributed by atoms with Crippen molar-refractivity contribution >= 4 is 40.7 Å². The van der Waals surface area contributed by atoms with Crippen LogP contribution in [-0.4, -0.2) is 51.6 Å². The molecule has 2 heterocycles. The highest BCUT2D eigenvalue weighted by atomic mass is 19.4. The average Bonchev–Trinajstić information content (AvgIpc) is 2.79. The number of aromatic nitrogens is 2. The Bertz CT molecular complexity index is 1110. The van der Waals surface area contributed by atoms with E-state index in [4.69, 9.17) is 0 Å².